The highest BCUT2D eigenvalue weighted by Crippen LogP contribution is 2.18. The van der Waals surface area contributed by atoms with E-state index in [1.54, 1.807) is 7.05 Å². The van der Waals surface area contributed by atoms with Gasteiger partial charge in [0.25, 0.3) is 0 Å². The number of nitrogens with one attached hydrogen (secondary N) is 1. The molecule has 1 aliphatic heterocycles. The summed E-state index contributed by atoms with van der Waals surface area (Å²) < 4.78 is 28.7. The van der Waals surface area contributed by atoms with Gasteiger partial charge in [0.05, 0.1) is 0 Å². The van der Waals surface area contributed by atoms with Crippen LogP contribution in [0.4, 0.5) is 5.82 Å². The Bertz CT molecular complexity index is 546. The lowest BCUT2D eigenvalue weighted by atomic mass is 10.1. The Labute approximate surface area is 120 Å². The van der Waals surface area contributed by atoms with E-state index in [-0.39, 0.29) is 16.8 Å². The van der Waals surface area contributed by atoms with Crippen LogP contribution in [-0.4, -0.2) is 48.8 Å². The number of aryl methyl sites for hydroxylation is 1. The van der Waals surface area contributed by atoms with Crippen LogP contribution < -0.4 is 10.5 Å². The normalized spacial score (nSPS) is 18.5. The molecular weight excluding hydrogens is 278 g/mol. The number of nitrogens with zero attached hydrogens (tertiary/aromatic N) is 3. The predicted octanol–water partition coefficient (Wildman–Crippen LogP) is 0.155. The molecule has 0 aliphatic carbocycles. The van der Waals surface area contributed by atoms with Crippen molar-refractivity contribution < 1.29 is 8.42 Å². The van der Waals surface area contributed by atoms with E-state index < -0.39 is 10.0 Å². The van der Waals surface area contributed by atoms with Crippen molar-refractivity contribution in [2.45, 2.75) is 37.1 Å². The fraction of sp³-hybridized carbons (Fsp3) is 0.750. The van der Waals surface area contributed by atoms with Crippen molar-refractivity contribution in [1.82, 2.24) is 19.4 Å². The zero-order chi connectivity index (χ0) is 14.8. The van der Waals surface area contributed by atoms with Crippen LogP contribution in [-0.2, 0) is 17.1 Å². The summed E-state index contributed by atoms with van der Waals surface area (Å²) in [6.45, 7) is 5.10. The monoisotopic (exact) mass is 301 g/mol. The van der Waals surface area contributed by atoms with Gasteiger partial charge in [-0.3, -0.25) is 4.68 Å². The van der Waals surface area contributed by atoms with Crippen molar-refractivity contribution in [2.75, 3.05) is 25.4 Å². The van der Waals surface area contributed by atoms with Gasteiger partial charge in [-0.25, -0.2) is 13.1 Å². The second-order valence-electron chi connectivity index (χ2n) is 5.29. The van der Waals surface area contributed by atoms with Gasteiger partial charge < -0.3 is 10.6 Å². The average Bonchev–Trinajstić information content (AvgIpc) is 2.72. The molecule has 1 fully saturated rings. The first-order valence-corrected chi connectivity index (χ1v) is 8.44. The molecule has 8 heteroatoms. The molecule has 0 spiro atoms. The average molecular weight is 301 g/mol. The number of sulfonamides is 1. The Morgan fingerprint density at radius 3 is 2.60 bits per heavy atom. The number of piperidine rings is 1. The zero-order valence-corrected chi connectivity index (χ0v) is 12.9. The fourth-order valence-corrected chi connectivity index (χ4v) is 3.97. The molecule has 1 aromatic heterocycles. The summed E-state index contributed by atoms with van der Waals surface area (Å²) >= 11 is 0. The first kappa shape index (κ1) is 15.3. The number of hydrogen-bond donors (Lipinski definition) is 2. The van der Waals surface area contributed by atoms with E-state index in [4.69, 9.17) is 5.73 Å². The van der Waals surface area contributed by atoms with Crippen LogP contribution in [0.2, 0.25) is 0 Å². The molecule has 2 rings (SSSR count). The molecule has 2 heterocycles. The van der Waals surface area contributed by atoms with Crippen molar-refractivity contribution in [2.24, 2.45) is 7.05 Å². The third kappa shape index (κ3) is 3.50. The van der Waals surface area contributed by atoms with E-state index in [1.165, 1.54) is 10.9 Å². The van der Waals surface area contributed by atoms with Gasteiger partial charge in [0.15, 0.2) is 5.82 Å². The highest BCUT2D eigenvalue weighted by Gasteiger charge is 2.26. The van der Waals surface area contributed by atoms with Crippen molar-refractivity contribution in [3.8, 4) is 0 Å². The number of nitrogens with two attached hydrogens (primary N) is 1. The molecule has 3 N–H and O–H groups in total. The number of likely N-dealkylation sites (tertiary alicyclic amines) is 1. The molecule has 1 aromatic rings. The van der Waals surface area contributed by atoms with Gasteiger partial charge in [0.2, 0.25) is 10.0 Å². The molecule has 0 amide bonds. The van der Waals surface area contributed by atoms with E-state index >= 15 is 0 Å². The predicted molar refractivity (Wildman–Crippen MR) is 77.7 cm³/mol. The summed E-state index contributed by atoms with van der Waals surface area (Å²) in [7, 11) is -1.92. The van der Waals surface area contributed by atoms with E-state index in [9.17, 15) is 8.42 Å². The minimum atomic E-state index is -3.58. The quantitative estimate of drug-likeness (QED) is 0.808. The lowest BCUT2D eigenvalue weighted by molar-refractivity contribution is 0.208. The largest absolute Gasteiger partial charge is 0.381 e. The van der Waals surface area contributed by atoms with Gasteiger partial charge in [0.1, 0.15) is 4.90 Å². The maximum Gasteiger partial charge on any atom is 0.246 e. The van der Waals surface area contributed by atoms with Crippen molar-refractivity contribution in [1.29, 1.82) is 0 Å². The van der Waals surface area contributed by atoms with Crippen LogP contribution in [0, 0.1) is 0 Å². The fourth-order valence-electron chi connectivity index (χ4n) is 2.56. The van der Waals surface area contributed by atoms with E-state index in [0.717, 1.165) is 38.9 Å². The summed E-state index contributed by atoms with van der Waals surface area (Å²) in [5.41, 5.74) is 5.63. The molecule has 0 radical (unpaired) electrons. The van der Waals surface area contributed by atoms with Crippen molar-refractivity contribution in [3.63, 3.8) is 0 Å². The van der Waals surface area contributed by atoms with E-state index in [0.29, 0.717) is 0 Å². The zero-order valence-electron chi connectivity index (χ0n) is 12.0. The summed E-state index contributed by atoms with van der Waals surface area (Å²) in [5.74, 6) is 0.0448. The first-order chi connectivity index (χ1) is 9.42. The van der Waals surface area contributed by atoms with Gasteiger partial charge in [-0.05, 0) is 38.9 Å². The molecule has 114 valence electrons. The Hall–Kier alpha value is -1.12. The molecule has 20 heavy (non-hydrogen) atoms. The Kier molecular flexibility index (Phi) is 4.66. The van der Waals surface area contributed by atoms with E-state index in [1.807, 2.05) is 0 Å². The van der Waals surface area contributed by atoms with Crippen molar-refractivity contribution >= 4 is 15.8 Å². The van der Waals surface area contributed by atoms with Gasteiger partial charge in [0, 0.05) is 19.3 Å². The summed E-state index contributed by atoms with van der Waals surface area (Å²) in [4.78, 5) is 2.43. The van der Waals surface area contributed by atoms with Crippen LogP contribution in [0.3, 0.4) is 0 Å². The van der Waals surface area contributed by atoms with Crippen LogP contribution in [0.25, 0.3) is 0 Å². The van der Waals surface area contributed by atoms with Crippen LogP contribution in [0.5, 0.6) is 0 Å². The molecular formula is C12H23N5O2S. The third-order valence-electron chi connectivity index (χ3n) is 3.56. The molecule has 0 unspecified atom stereocenters. The maximum atomic E-state index is 12.3. The smallest absolute Gasteiger partial charge is 0.246 e. The summed E-state index contributed by atoms with van der Waals surface area (Å²) in [5, 5.41) is 3.87. The van der Waals surface area contributed by atoms with Gasteiger partial charge in [-0.1, -0.05) is 6.92 Å². The molecule has 0 saturated carbocycles. The number of nitrogen functional groups attached to an aromatic ring is 1. The first-order valence-electron chi connectivity index (χ1n) is 6.96. The molecule has 0 atom stereocenters. The molecule has 1 aliphatic rings. The number of aromatic nitrogens is 2. The standard InChI is InChI=1S/C12H23N5O2S/c1-3-6-17-7-4-10(5-8-17)15-20(18,19)11-9-16(2)14-12(11)13/h9-10,15H,3-8H2,1-2H3,(H2,13,14). The Morgan fingerprint density at radius 1 is 1.45 bits per heavy atom. The minimum Gasteiger partial charge on any atom is -0.381 e. The Balaban J connectivity index is 1.98. The third-order valence-corrected chi connectivity index (χ3v) is 5.10. The highest BCUT2D eigenvalue weighted by atomic mass is 32.2. The summed E-state index contributed by atoms with van der Waals surface area (Å²) in [6, 6.07) is -0.0206. The van der Waals surface area contributed by atoms with E-state index in [2.05, 4.69) is 21.6 Å². The lowest BCUT2D eigenvalue weighted by Crippen LogP contribution is -2.44. The van der Waals surface area contributed by atoms with Gasteiger partial charge in [-0.15, -0.1) is 0 Å². The van der Waals surface area contributed by atoms with Gasteiger partial charge in [-0.2, -0.15) is 5.10 Å². The second-order valence-corrected chi connectivity index (χ2v) is 6.97. The SMILES string of the molecule is CCCN1CCC(NS(=O)(=O)c2cn(C)nc2N)CC1. The number of hydrogen-bond acceptors (Lipinski definition) is 5. The van der Waals surface area contributed by atoms with Gasteiger partial charge >= 0.3 is 0 Å². The van der Waals surface area contributed by atoms with Crippen molar-refractivity contribution in [3.05, 3.63) is 6.20 Å². The number of anilines is 1. The summed E-state index contributed by atoms with van der Waals surface area (Å²) in [6.07, 6.45) is 4.23. The van der Waals surface area contributed by atoms with Crippen LogP contribution >= 0.6 is 0 Å². The second kappa shape index (κ2) is 6.11. The molecule has 0 bridgehead atoms. The lowest BCUT2D eigenvalue weighted by Gasteiger charge is -2.31. The number of rotatable bonds is 5. The maximum absolute atomic E-state index is 12.3. The van der Waals surface area contributed by atoms with Crippen LogP contribution in [0.1, 0.15) is 26.2 Å². The molecule has 0 aromatic carbocycles. The Morgan fingerprint density at radius 2 is 2.10 bits per heavy atom. The van der Waals surface area contributed by atoms with Crippen LogP contribution in [0.15, 0.2) is 11.1 Å². The minimum absolute atomic E-state index is 0.0206. The highest BCUT2D eigenvalue weighted by molar-refractivity contribution is 7.89. The topological polar surface area (TPSA) is 93.2 Å². The molecule has 7 nitrogen and oxygen atoms in total. The molecule has 1 saturated heterocycles.